The Morgan fingerprint density at radius 1 is 1.43 bits per heavy atom. The van der Waals surface area contributed by atoms with Crippen LogP contribution in [0.25, 0.3) is 0 Å². The van der Waals surface area contributed by atoms with Crippen molar-refractivity contribution in [2.45, 2.75) is 51.8 Å². The van der Waals surface area contributed by atoms with Crippen LogP contribution in [0.1, 0.15) is 39.3 Å². The second-order valence-electron chi connectivity index (χ2n) is 6.22. The second-order valence-corrected chi connectivity index (χ2v) is 7.02. The summed E-state index contributed by atoms with van der Waals surface area (Å²) in [6.45, 7) is 6.95. The summed E-state index contributed by atoms with van der Waals surface area (Å²) in [5, 5.41) is 0.969. The van der Waals surface area contributed by atoms with Crippen molar-refractivity contribution < 1.29 is 9.53 Å². The summed E-state index contributed by atoms with van der Waals surface area (Å²) in [6, 6.07) is 3.15. The van der Waals surface area contributed by atoms with Crippen molar-refractivity contribution in [1.29, 1.82) is 0 Å². The lowest BCUT2D eigenvalue weighted by Crippen LogP contribution is -2.40. The van der Waals surface area contributed by atoms with Gasteiger partial charge in [0.25, 0.3) is 0 Å². The Morgan fingerprint density at radius 2 is 2.14 bits per heavy atom. The third kappa shape index (κ3) is 4.56. The Hall–Kier alpha value is -0.840. The Balaban J connectivity index is 2.08. The molecule has 0 spiro atoms. The van der Waals surface area contributed by atoms with Crippen LogP contribution in [0.5, 0.6) is 0 Å². The molecular weight excluding hydrogens is 311 g/mol. The first-order valence-electron chi connectivity index (χ1n) is 7.04. The Morgan fingerprint density at radius 3 is 2.81 bits per heavy atom. The predicted octanol–water partition coefficient (Wildman–Crippen LogP) is 3.69. The van der Waals surface area contributed by atoms with Gasteiger partial charge in [-0.1, -0.05) is 23.2 Å². The first-order valence-corrected chi connectivity index (χ1v) is 7.80. The monoisotopic (exact) mass is 330 g/mol. The lowest BCUT2D eigenvalue weighted by atomic mass is 10.1. The number of halogens is 2. The van der Waals surface area contributed by atoms with Crippen molar-refractivity contribution in [3.05, 3.63) is 28.0 Å². The third-order valence-corrected chi connectivity index (χ3v) is 3.83. The summed E-state index contributed by atoms with van der Waals surface area (Å²) in [7, 11) is 0. The van der Waals surface area contributed by atoms with Crippen LogP contribution in [0.2, 0.25) is 10.2 Å². The fourth-order valence-electron chi connectivity index (χ4n) is 2.41. The average molecular weight is 331 g/mol. The number of nitrogens with zero attached hydrogens (tertiary/aromatic N) is 2. The number of hydrogen-bond acceptors (Lipinski definition) is 4. The molecule has 21 heavy (non-hydrogen) atoms. The van der Waals surface area contributed by atoms with E-state index < -0.39 is 5.60 Å². The minimum Gasteiger partial charge on any atom is -0.459 e. The lowest BCUT2D eigenvalue weighted by molar-refractivity contribution is -0.160. The second kappa shape index (κ2) is 6.51. The van der Waals surface area contributed by atoms with Crippen molar-refractivity contribution in [1.82, 2.24) is 9.88 Å². The molecule has 1 aliphatic rings. The molecule has 1 saturated heterocycles. The van der Waals surface area contributed by atoms with Gasteiger partial charge in [-0.25, -0.2) is 4.98 Å². The summed E-state index contributed by atoms with van der Waals surface area (Å²) in [6.07, 6.45) is 1.76. The maximum Gasteiger partial charge on any atom is 0.323 e. The molecule has 0 amide bonds. The van der Waals surface area contributed by atoms with Gasteiger partial charge in [0.15, 0.2) is 0 Å². The van der Waals surface area contributed by atoms with Gasteiger partial charge in [-0.3, -0.25) is 9.69 Å². The highest BCUT2D eigenvalue weighted by molar-refractivity contribution is 6.32. The van der Waals surface area contributed by atoms with Crippen LogP contribution in [0.3, 0.4) is 0 Å². The van der Waals surface area contributed by atoms with Gasteiger partial charge in [0.05, 0.1) is 10.7 Å². The lowest BCUT2D eigenvalue weighted by Gasteiger charge is -2.27. The minimum absolute atomic E-state index is 0.182. The quantitative estimate of drug-likeness (QED) is 0.626. The topological polar surface area (TPSA) is 42.4 Å². The van der Waals surface area contributed by atoms with E-state index in [9.17, 15) is 4.79 Å². The van der Waals surface area contributed by atoms with E-state index in [1.54, 1.807) is 12.1 Å². The van der Waals surface area contributed by atoms with Gasteiger partial charge in [-0.05, 0) is 52.3 Å². The molecule has 2 heterocycles. The molecule has 0 aliphatic carbocycles. The van der Waals surface area contributed by atoms with E-state index in [1.165, 1.54) is 0 Å². The third-order valence-electron chi connectivity index (χ3n) is 3.28. The molecule has 0 bridgehead atoms. The van der Waals surface area contributed by atoms with Crippen molar-refractivity contribution in [2.24, 2.45) is 0 Å². The van der Waals surface area contributed by atoms with Gasteiger partial charge in [-0.15, -0.1) is 0 Å². The average Bonchev–Trinajstić information content (AvgIpc) is 2.80. The first kappa shape index (κ1) is 16.5. The number of pyridine rings is 1. The van der Waals surface area contributed by atoms with Gasteiger partial charge in [-0.2, -0.15) is 0 Å². The van der Waals surface area contributed by atoms with E-state index in [4.69, 9.17) is 27.9 Å². The fourth-order valence-corrected chi connectivity index (χ4v) is 2.74. The zero-order chi connectivity index (χ0) is 15.6. The van der Waals surface area contributed by atoms with Crippen LogP contribution in [0.15, 0.2) is 12.1 Å². The molecule has 0 N–H and O–H groups in total. The molecule has 0 radical (unpaired) electrons. The number of aromatic nitrogens is 1. The SMILES string of the molecule is CC(C)(C)OC(=O)[C@@H]1CCCN1Cc1nc(Cl)ccc1Cl. The molecule has 0 aromatic carbocycles. The first-order chi connectivity index (χ1) is 9.76. The predicted molar refractivity (Wildman–Crippen MR) is 83.5 cm³/mol. The van der Waals surface area contributed by atoms with Crippen LogP contribution in [-0.4, -0.2) is 34.0 Å². The summed E-state index contributed by atoms with van der Waals surface area (Å²) in [4.78, 5) is 18.6. The number of esters is 1. The number of hydrogen-bond donors (Lipinski definition) is 0. The molecule has 116 valence electrons. The standard InChI is InChI=1S/C15H20Cl2N2O2/c1-15(2,3)21-14(20)12-5-4-8-19(12)9-11-10(16)6-7-13(17)18-11/h6-7,12H,4-5,8-9H2,1-3H3/t12-/m0/s1. The number of carbonyl (C=O) groups excluding carboxylic acids is 1. The van der Waals surface area contributed by atoms with Crippen LogP contribution >= 0.6 is 23.2 Å². The zero-order valence-corrected chi connectivity index (χ0v) is 14.0. The van der Waals surface area contributed by atoms with E-state index in [-0.39, 0.29) is 12.0 Å². The van der Waals surface area contributed by atoms with Crippen LogP contribution < -0.4 is 0 Å². The van der Waals surface area contributed by atoms with Crippen molar-refractivity contribution in [3.63, 3.8) is 0 Å². The minimum atomic E-state index is -0.475. The van der Waals surface area contributed by atoms with Crippen molar-refractivity contribution >= 4 is 29.2 Å². The molecule has 2 rings (SSSR count). The highest BCUT2D eigenvalue weighted by atomic mass is 35.5. The molecule has 1 aliphatic heterocycles. The van der Waals surface area contributed by atoms with Gasteiger partial charge in [0, 0.05) is 6.54 Å². The van der Waals surface area contributed by atoms with Gasteiger partial charge in [0.1, 0.15) is 16.8 Å². The zero-order valence-electron chi connectivity index (χ0n) is 12.5. The van der Waals surface area contributed by atoms with Crippen LogP contribution in [0, 0.1) is 0 Å². The molecule has 0 unspecified atom stereocenters. The number of ether oxygens (including phenoxy) is 1. The summed E-state index contributed by atoms with van der Waals surface area (Å²) >= 11 is 12.1. The number of rotatable bonds is 3. The molecular formula is C15H20Cl2N2O2. The normalized spacial score (nSPS) is 19.8. The molecule has 1 aromatic heterocycles. The van der Waals surface area contributed by atoms with Crippen LogP contribution in [0.4, 0.5) is 0 Å². The maximum atomic E-state index is 12.3. The van der Waals surface area contributed by atoms with E-state index in [1.807, 2.05) is 20.8 Å². The summed E-state index contributed by atoms with van der Waals surface area (Å²) in [5.41, 5.74) is 0.219. The molecule has 6 heteroatoms. The molecule has 1 fully saturated rings. The van der Waals surface area contributed by atoms with E-state index in [0.29, 0.717) is 22.4 Å². The Labute approximate surface area is 135 Å². The van der Waals surface area contributed by atoms with Gasteiger partial charge >= 0.3 is 5.97 Å². The largest absolute Gasteiger partial charge is 0.459 e. The molecule has 0 saturated carbocycles. The molecule has 1 atom stereocenters. The maximum absolute atomic E-state index is 12.3. The van der Waals surface area contributed by atoms with Crippen molar-refractivity contribution in [3.8, 4) is 0 Å². The highest BCUT2D eigenvalue weighted by Crippen LogP contribution is 2.25. The molecule has 1 aromatic rings. The summed E-state index contributed by atoms with van der Waals surface area (Å²) in [5.74, 6) is -0.182. The Kier molecular flexibility index (Phi) is 5.12. The Bertz CT molecular complexity index is 529. The smallest absolute Gasteiger partial charge is 0.323 e. The van der Waals surface area contributed by atoms with Gasteiger partial charge in [0.2, 0.25) is 0 Å². The fraction of sp³-hybridized carbons (Fsp3) is 0.600. The van der Waals surface area contributed by atoms with E-state index >= 15 is 0 Å². The summed E-state index contributed by atoms with van der Waals surface area (Å²) < 4.78 is 5.48. The number of carbonyl (C=O) groups is 1. The van der Waals surface area contributed by atoms with Gasteiger partial charge < -0.3 is 4.74 Å². The number of likely N-dealkylation sites (tertiary alicyclic amines) is 1. The van der Waals surface area contributed by atoms with Crippen molar-refractivity contribution in [2.75, 3.05) is 6.54 Å². The molecule has 4 nitrogen and oxygen atoms in total. The van der Waals surface area contributed by atoms with Crippen LogP contribution in [-0.2, 0) is 16.1 Å². The van der Waals surface area contributed by atoms with E-state index in [0.717, 1.165) is 19.4 Å². The van der Waals surface area contributed by atoms with E-state index in [2.05, 4.69) is 9.88 Å². The highest BCUT2D eigenvalue weighted by Gasteiger charge is 2.34.